The van der Waals surface area contributed by atoms with E-state index < -0.39 is 0 Å². The molecule has 0 aliphatic carbocycles. The van der Waals surface area contributed by atoms with E-state index in [1.165, 1.54) is 11.2 Å². The number of aromatic amines is 1. The molecule has 2 aromatic heterocycles. The van der Waals surface area contributed by atoms with Crippen molar-refractivity contribution in [2.24, 2.45) is 0 Å². The Kier molecular flexibility index (Phi) is 4.91. The minimum absolute atomic E-state index is 0.102. The highest BCUT2D eigenvalue weighted by atomic mass is 16.5. The third-order valence-corrected chi connectivity index (χ3v) is 4.85. The van der Waals surface area contributed by atoms with Gasteiger partial charge in [-0.15, -0.1) is 0 Å². The fourth-order valence-corrected chi connectivity index (χ4v) is 3.29. The number of fused-ring (bicyclic) bond motifs is 1. The Morgan fingerprint density at radius 3 is 2.59 bits per heavy atom. The van der Waals surface area contributed by atoms with Gasteiger partial charge >= 0.3 is 0 Å². The van der Waals surface area contributed by atoms with Gasteiger partial charge in [-0.2, -0.15) is 0 Å². The number of pyridine rings is 1. The second-order valence-electron chi connectivity index (χ2n) is 6.73. The normalized spacial score (nSPS) is 10.8. The van der Waals surface area contributed by atoms with E-state index in [1.807, 2.05) is 31.2 Å². The molecule has 2 aromatic carbocycles. The Labute approximate surface area is 167 Å². The first-order valence-corrected chi connectivity index (χ1v) is 9.18. The van der Waals surface area contributed by atoms with Crippen molar-refractivity contribution in [3.05, 3.63) is 94.2 Å². The zero-order valence-electron chi connectivity index (χ0n) is 16.1. The molecular formula is C23H20N2O4. The lowest BCUT2D eigenvalue weighted by molar-refractivity contribution is 0.0958. The van der Waals surface area contributed by atoms with Crippen LogP contribution in [-0.4, -0.2) is 18.0 Å². The maximum atomic E-state index is 13.1. The van der Waals surface area contributed by atoms with Crippen LogP contribution in [0.3, 0.4) is 0 Å². The third kappa shape index (κ3) is 3.65. The van der Waals surface area contributed by atoms with Gasteiger partial charge in [0.2, 0.25) is 0 Å². The number of amides is 1. The lowest BCUT2D eigenvalue weighted by Gasteiger charge is -2.22. The van der Waals surface area contributed by atoms with Crippen molar-refractivity contribution < 1.29 is 13.9 Å². The molecule has 4 aromatic rings. The molecule has 6 heteroatoms. The minimum Gasteiger partial charge on any atom is -0.497 e. The summed E-state index contributed by atoms with van der Waals surface area (Å²) in [5.41, 5.74) is 2.69. The Balaban J connectivity index is 1.77. The quantitative estimate of drug-likeness (QED) is 0.554. The lowest BCUT2D eigenvalue weighted by Crippen LogP contribution is -2.32. The van der Waals surface area contributed by atoms with Crippen molar-refractivity contribution in [2.75, 3.05) is 12.0 Å². The molecule has 0 aliphatic heterocycles. The summed E-state index contributed by atoms with van der Waals surface area (Å²) >= 11 is 0. The number of hydrogen-bond donors (Lipinski definition) is 1. The van der Waals surface area contributed by atoms with E-state index in [-0.39, 0.29) is 23.8 Å². The molecule has 0 atom stereocenters. The van der Waals surface area contributed by atoms with E-state index >= 15 is 0 Å². The van der Waals surface area contributed by atoms with Crippen molar-refractivity contribution in [1.29, 1.82) is 0 Å². The Hall–Kier alpha value is -3.80. The number of rotatable bonds is 5. The molecule has 0 spiro atoms. The average molecular weight is 388 g/mol. The SMILES string of the molecule is COc1ccc(N(Cc2cc3cccc(C)c3[nH]c2=O)C(=O)c2ccco2)cc1. The summed E-state index contributed by atoms with van der Waals surface area (Å²) in [5, 5.41) is 0.916. The van der Waals surface area contributed by atoms with Gasteiger partial charge in [-0.1, -0.05) is 18.2 Å². The number of ether oxygens (including phenoxy) is 1. The van der Waals surface area contributed by atoms with Crippen LogP contribution in [0.15, 0.2) is 76.1 Å². The zero-order valence-corrected chi connectivity index (χ0v) is 16.1. The summed E-state index contributed by atoms with van der Waals surface area (Å²) < 4.78 is 10.5. The lowest BCUT2D eigenvalue weighted by atomic mass is 10.1. The van der Waals surface area contributed by atoms with Crippen molar-refractivity contribution in [1.82, 2.24) is 4.98 Å². The number of carbonyl (C=O) groups is 1. The maximum absolute atomic E-state index is 13.1. The molecule has 6 nitrogen and oxygen atoms in total. The Morgan fingerprint density at radius 2 is 1.90 bits per heavy atom. The number of anilines is 1. The molecule has 0 unspecified atom stereocenters. The summed E-state index contributed by atoms with van der Waals surface area (Å²) in [5.74, 6) is 0.552. The van der Waals surface area contributed by atoms with Crippen LogP contribution >= 0.6 is 0 Å². The molecule has 29 heavy (non-hydrogen) atoms. The summed E-state index contributed by atoms with van der Waals surface area (Å²) in [7, 11) is 1.58. The molecule has 0 aliphatic rings. The summed E-state index contributed by atoms with van der Waals surface area (Å²) in [6, 6.07) is 18.0. The van der Waals surface area contributed by atoms with Crippen LogP contribution in [0.4, 0.5) is 5.69 Å². The Morgan fingerprint density at radius 1 is 1.10 bits per heavy atom. The number of H-pyrrole nitrogens is 1. The number of aryl methyl sites for hydroxylation is 1. The van der Waals surface area contributed by atoms with Gasteiger partial charge in [0.05, 0.1) is 25.4 Å². The van der Waals surface area contributed by atoms with Gasteiger partial charge in [0, 0.05) is 11.3 Å². The van der Waals surface area contributed by atoms with E-state index in [0.717, 1.165) is 16.5 Å². The Bertz CT molecular complexity index is 1210. The number of para-hydroxylation sites is 1. The van der Waals surface area contributed by atoms with Gasteiger partial charge in [0.25, 0.3) is 11.5 Å². The first kappa shape index (κ1) is 18.6. The van der Waals surface area contributed by atoms with Crippen LogP contribution in [0, 0.1) is 6.92 Å². The highest BCUT2D eigenvalue weighted by Gasteiger charge is 2.22. The van der Waals surface area contributed by atoms with E-state index in [9.17, 15) is 9.59 Å². The van der Waals surface area contributed by atoms with E-state index in [0.29, 0.717) is 17.0 Å². The monoisotopic (exact) mass is 388 g/mol. The summed E-state index contributed by atoms with van der Waals surface area (Å²) in [4.78, 5) is 30.3. The molecule has 2 heterocycles. The van der Waals surface area contributed by atoms with Crippen LogP contribution in [0.1, 0.15) is 21.7 Å². The smallest absolute Gasteiger partial charge is 0.294 e. The highest BCUT2D eigenvalue weighted by molar-refractivity contribution is 6.04. The van der Waals surface area contributed by atoms with Crippen molar-refractivity contribution >= 4 is 22.5 Å². The molecule has 0 radical (unpaired) electrons. The topological polar surface area (TPSA) is 75.5 Å². The predicted octanol–water partition coefficient (Wildman–Crippen LogP) is 4.29. The van der Waals surface area contributed by atoms with Gasteiger partial charge in [-0.3, -0.25) is 9.59 Å². The first-order chi connectivity index (χ1) is 14.1. The molecule has 1 N–H and O–H groups in total. The number of aromatic nitrogens is 1. The first-order valence-electron chi connectivity index (χ1n) is 9.18. The largest absolute Gasteiger partial charge is 0.497 e. The van der Waals surface area contributed by atoms with Gasteiger partial charge < -0.3 is 19.0 Å². The van der Waals surface area contributed by atoms with Gasteiger partial charge in [0.1, 0.15) is 5.75 Å². The standard InChI is InChI=1S/C23H20N2O4/c1-15-5-3-6-16-13-17(22(26)24-21(15)16)14-25(23(27)20-7-4-12-29-20)18-8-10-19(28-2)11-9-18/h3-13H,14H2,1-2H3,(H,24,26). The van der Waals surface area contributed by atoms with E-state index in [2.05, 4.69) is 4.98 Å². The minimum atomic E-state index is -0.330. The summed E-state index contributed by atoms with van der Waals surface area (Å²) in [6.07, 6.45) is 1.45. The second-order valence-corrected chi connectivity index (χ2v) is 6.73. The van der Waals surface area contributed by atoms with Gasteiger partial charge in [0.15, 0.2) is 5.76 Å². The average Bonchev–Trinajstić information content (AvgIpc) is 3.28. The maximum Gasteiger partial charge on any atom is 0.294 e. The van der Waals surface area contributed by atoms with E-state index in [4.69, 9.17) is 9.15 Å². The molecule has 4 rings (SSSR count). The molecule has 1 amide bonds. The molecule has 0 saturated carbocycles. The number of nitrogens with zero attached hydrogens (tertiary/aromatic N) is 1. The molecule has 0 saturated heterocycles. The van der Waals surface area contributed by atoms with Gasteiger partial charge in [-0.05, 0) is 60.3 Å². The zero-order chi connectivity index (χ0) is 20.4. The van der Waals surface area contributed by atoms with Crippen molar-refractivity contribution in [3.63, 3.8) is 0 Å². The number of furan rings is 1. The number of methoxy groups -OCH3 is 1. The molecule has 146 valence electrons. The van der Waals surface area contributed by atoms with Crippen LogP contribution in [0.2, 0.25) is 0 Å². The number of nitrogens with one attached hydrogen (secondary N) is 1. The second kappa shape index (κ2) is 7.67. The number of benzene rings is 2. The number of carbonyl (C=O) groups excluding carboxylic acids is 1. The van der Waals surface area contributed by atoms with Crippen LogP contribution < -0.4 is 15.2 Å². The third-order valence-electron chi connectivity index (χ3n) is 4.85. The fourth-order valence-electron chi connectivity index (χ4n) is 3.29. The van der Waals surface area contributed by atoms with Crippen LogP contribution in [0.5, 0.6) is 5.75 Å². The highest BCUT2D eigenvalue weighted by Crippen LogP contribution is 2.24. The molecule has 0 fully saturated rings. The van der Waals surface area contributed by atoms with Crippen molar-refractivity contribution in [2.45, 2.75) is 13.5 Å². The van der Waals surface area contributed by atoms with Crippen molar-refractivity contribution in [3.8, 4) is 5.75 Å². The molecular weight excluding hydrogens is 368 g/mol. The molecule has 0 bridgehead atoms. The van der Waals surface area contributed by atoms with Crippen LogP contribution in [0.25, 0.3) is 10.9 Å². The van der Waals surface area contributed by atoms with Gasteiger partial charge in [-0.25, -0.2) is 0 Å². The number of hydrogen-bond acceptors (Lipinski definition) is 4. The summed E-state index contributed by atoms with van der Waals surface area (Å²) in [6.45, 7) is 2.05. The fraction of sp³-hybridized carbons (Fsp3) is 0.130. The van der Waals surface area contributed by atoms with Crippen LogP contribution in [-0.2, 0) is 6.54 Å². The predicted molar refractivity (Wildman–Crippen MR) is 112 cm³/mol. The van der Waals surface area contributed by atoms with E-state index in [1.54, 1.807) is 43.5 Å².